The van der Waals surface area contributed by atoms with Gasteiger partial charge in [0.05, 0.1) is 13.2 Å². The van der Waals surface area contributed by atoms with Crippen LogP contribution in [0.15, 0.2) is 53.7 Å². The van der Waals surface area contributed by atoms with Gasteiger partial charge in [-0.05, 0) is 51.0 Å². The molecular formula is C26H38O3S. The highest BCUT2D eigenvalue weighted by atomic mass is 32.1. The molecule has 0 aliphatic rings. The van der Waals surface area contributed by atoms with Gasteiger partial charge >= 0.3 is 5.97 Å². The number of hydrogen-bond donors (Lipinski definition) is 0. The molecule has 0 fully saturated rings. The van der Waals surface area contributed by atoms with Crippen molar-refractivity contribution in [3.63, 3.8) is 0 Å². The minimum Gasteiger partial charge on any atom is -0.484 e. The second kappa shape index (κ2) is 16.7. The van der Waals surface area contributed by atoms with E-state index in [0.29, 0.717) is 6.61 Å². The van der Waals surface area contributed by atoms with Crippen molar-refractivity contribution in [2.24, 2.45) is 0 Å². The molecule has 0 aliphatic heterocycles. The molecule has 0 spiro atoms. The molecule has 30 heavy (non-hydrogen) atoms. The number of thiophene rings is 1. The number of esters is 1. The maximum Gasteiger partial charge on any atom is 0.330 e. The van der Waals surface area contributed by atoms with E-state index in [1.165, 1.54) is 49.5 Å². The largest absolute Gasteiger partial charge is 0.484 e. The predicted octanol–water partition coefficient (Wildman–Crippen LogP) is 7.90. The van der Waals surface area contributed by atoms with E-state index < -0.39 is 0 Å². The van der Waals surface area contributed by atoms with E-state index >= 15 is 0 Å². The average Bonchev–Trinajstić information content (AvgIpc) is 3.16. The molecule has 0 saturated heterocycles. The molecule has 1 aromatic rings. The monoisotopic (exact) mass is 430 g/mol. The lowest BCUT2D eigenvalue weighted by molar-refractivity contribution is -0.137. The standard InChI is InChI=1S/C26H38O3S/c1-5-7-8-9-10-11-12-20-29-26-19-18-24(30-26)17-16-22(3)14-13-15-23(4)21-25(27)28-6-2/h13-19,21H,5-12,20H2,1-4H3/b15-13+,17-16+,22-14+,23-21+. The SMILES string of the molecule is CCCCCCCCCOc1ccc(/C=C/C(C)=C/C=C/C(C)=C/C(=O)OCC)s1. The van der Waals surface area contributed by atoms with Crippen LogP contribution < -0.4 is 4.74 Å². The molecule has 3 nitrogen and oxygen atoms in total. The number of hydrogen-bond acceptors (Lipinski definition) is 4. The van der Waals surface area contributed by atoms with Crippen LogP contribution in [0.4, 0.5) is 0 Å². The maximum atomic E-state index is 11.4. The van der Waals surface area contributed by atoms with Gasteiger partial charge in [-0.3, -0.25) is 0 Å². The third-order valence-corrected chi connectivity index (χ3v) is 5.42. The highest BCUT2D eigenvalue weighted by Crippen LogP contribution is 2.26. The van der Waals surface area contributed by atoms with Crippen LogP contribution in [-0.2, 0) is 9.53 Å². The Morgan fingerprint density at radius 2 is 1.70 bits per heavy atom. The summed E-state index contributed by atoms with van der Waals surface area (Å²) in [5.74, 6) is -0.303. The van der Waals surface area contributed by atoms with Crippen LogP contribution in [-0.4, -0.2) is 19.2 Å². The summed E-state index contributed by atoms with van der Waals surface area (Å²) in [7, 11) is 0. The van der Waals surface area contributed by atoms with Crippen LogP contribution in [0.2, 0.25) is 0 Å². The van der Waals surface area contributed by atoms with Gasteiger partial charge in [0.1, 0.15) is 0 Å². The van der Waals surface area contributed by atoms with E-state index in [2.05, 4.69) is 32.1 Å². The molecule has 1 rings (SSSR count). The highest BCUT2D eigenvalue weighted by Gasteiger charge is 1.99. The van der Waals surface area contributed by atoms with Crippen molar-refractivity contribution in [1.29, 1.82) is 0 Å². The van der Waals surface area contributed by atoms with Gasteiger partial charge in [-0.15, -0.1) is 0 Å². The fourth-order valence-electron chi connectivity index (χ4n) is 2.77. The van der Waals surface area contributed by atoms with Gasteiger partial charge in [0.2, 0.25) is 0 Å². The first-order valence-corrected chi connectivity index (χ1v) is 12.0. The lowest BCUT2D eigenvalue weighted by Crippen LogP contribution is -1.99. The van der Waals surface area contributed by atoms with Crippen LogP contribution in [0.3, 0.4) is 0 Å². The second-order valence-electron chi connectivity index (χ2n) is 7.37. The van der Waals surface area contributed by atoms with E-state index in [9.17, 15) is 4.79 Å². The Balaban J connectivity index is 2.34. The van der Waals surface area contributed by atoms with Gasteiger partial charge in [-0.1, -0.05) is 86.7 Å². The number of carbonyl (C=O) groups excluding carboxylic acids is 1. The highest BCUT2D eigenvalue weighted by molar-refractivity contribution is 7.14. The van der Waals surface area contributed by atoms with Crippen molar-refractivity contribution in [1.82, 2.24) is 0 Å². The fourth-order valence-corrected chi connectivity index (χ4v) is 3.56. The van der Waals surface area contributed by atoms with Crippen LogP contribution in [0, 0.1) is 0 Å². The summed E-state index contributed by atoms with van der Waals surface area (Å²) in [6, 6.07) is 4.14. The van der Waals surface area contributed by atoms with Crippen LogP contribution >= 0.6 is 11.3 Å². The lowest BCUT2D eigenvalue weighted by atomic mass is 10.1. The number of rotatable bonds is 15. The molecule has 0 unspecified atom stereocenters. The molecule has 0 aromatic carbocycles. The van der Waals surface area contributed by atoms with Crippen LogP contribution in [0.25, 0.3) is 6.08 Å². The molecule has 166 valence electrons. The fraction of sp³-hybridized carbons (Fsp3) is 0.500. The Morgan fingerprint density at radius 1 is 0.967 bits per heavy atom. The summed E-state index contributed by atoms with van der Waals surface area (Å²) in [6.45, 7) is 9.18. The first-order chi connectivity index (χ1) is 14.5. The zero-order valence-corrected chi connectivity index (χ0v) is 19.9. The first kappa shape index (κ1) is 26.0. The van der Waals surface area contributed by atoms with Gasteiger partial charge in [-0.2, -0.15) is 0 Å². The van der Waals surface area contributed by atoms with Crippen molar-refractivity contribution < 1.29 is 14.3 Å². The number of ether oxygens (including phenoxy) is 2. The molecule has 0 amide bonds. The number of unbranched alkanes of at least 4 members (excludes halogenated alkanes) is 6. The summed E-state index contributed by atoms with van der Waals surface area (Å²) in [6.07, 6.45) is 20.6. The van der Waals surface area contributed by atoms with Crippen molar-refractivity contribution in [3.05, 3.63) is 58.5 Å². The van der Waals surface area contributed by atoms with Crippen molar-refractivity contribution in [2.45, 2.75) is 72.6 Å². The molecule has 1 heterocycles. The molecule has 0 aliphatic carbocycles. The Kier molecular flexibility index (Phi) is 14.5. The Morgan fingerprint density at radius 3 is 2.43 bits per heavy atom. The van der Waals surface area contributed by atoms with Gasteiger partial charge in [0, 0.05) is 11.0 Å². The van der Waals surface area contributed by atoms with E-state index in [1.54, 1.807) is 18.3 Å². The quantitative estimate of drug-likeness (QED) is 0.123. The molecule has 0 bridgehead atoms. The minimum absolute atomic E-state index is 0.303. The maximum absolute atomic E-state index is 11.4. The summed E-state index contributed by atoms with van der Waals surface area (Å²) >= 11 is 1.68. The van der Waals surface area contributed by atoms with Crippen molar-refractivity contribution in [3.8, 4) is 5.06 Å². The molecule has 0 atom stereocenters. The van der Waals surface area contributed by atoms with Crippen molar-refractivity contribution in [2.75, 3.05) is 13.2 Å². The zero-order valence-electron chi connectivity index (χ0n) is 19.1. The van der Waals surface area contributed by atoms with E-state index in [0.717, 1.165) is 29.2 Å². The molecule has 0 N–H and O–H groups in total. The molecule has 0 radical (unpaired) electrons. The molecule has 4 heteroatoms. The Hall–Kier alpha value is -2.07. The average molecular weight is 431 g/mol. The lowest BCUT2D eigenvalue weighted by Gasteiger charge is -2.03. The van der Waals surface area contributed by atoms with Gasteiger partial charge in [0.15, 0.2) is 5.06 Å². The molecule has 1 aromatic heterocycles. The van der Waals surface area contributed by atoms with Gasteiger partial charge < -0.3 is 9.47 Å². The summed E-state index contributed by atoms with van der Waals surface area (Å²) in [5, 5.41) is 0.988. The predicted molar refractivity (Wildman–Crippen MR) is 130 cm³/mol. The van der Waals surface area contributed by atoms with Gasteiger partial charge in [-0.25, -0.2) is 4.79 Å². The normalized spacial score (nSPS) is 12.8. The third kappa shape index (κ3) is 13.2. The van der Waals surface area contributed by atoms with Crippen molar-refractivity contribution >= 4 is 23.4 Å². The third-order valence-electron chi connectivity index (χ3n) is 4.46. The van der Waals surface area contributed by atoms with Crippen LogP contribution in [0.1, 0.15) is 77.5 Å². The van der Waals surface area contributed by atoms with Crippen LogP contribution in [0.5, 0.6) is 5.06 Å². The summed E-state index contributed by atoms with van der Waals surface area (Å²) in [5.41, 5.74) is 2.00. The van der Waals surface area contributed by atoms with E-state index in [-0.39, 0.29) is 5.97 Å². The second-order valence-corrected chi connectivity index (χ2v) is 8.45. The zero-order chi connectivity index (χ0) is 22.0. The minimum atomic E-state index is -0.303. The first-order valence-electron chi connectivity index (χ1n) is 11.2. The van der Waals surface area contributed by atoms with E-state index in [4.69, 9.17) is 9.47 Å². The number of carbonyl (C=O) groups is 1. The Bertz CT molecular complexity index is 722. The molecule has 0 saturated carbocycles. The topological polar surface area (TPSA) is 35.5 Å². The van der Waals surface area contributed by atoms with Gasteiger partial charge in [0.25, 0.3) is 0 Å². The molecular weight excluding hydrogens is 392 g/mol. The summed E-state index contributed by atoms with van der Waals surface area (Å²) in [4.78, 5) is 12.6. The van der Waals surface area contributed by atoms with E-state index in [1.807, 2.05) is 31.2 Å². The summed E-state index contributed by atoms with van der Waals surface area (Å²) < 4.78 is 10.8. The number of allylic oxidation sites excluding steroid dienone is 6. The smallest absolute Gasteiger partial charge is 0.330 e. The Labute approximate surface area is 187 Å².